The molecule has 2 rings (SSSR count). The lowest BCUT2D eigenvalue weighted by atomic mass is 10.1. The normalized spacial score (nSPS) is 11.5. The lowest BCUT2D eigenvalue weighted by molar-refractivity contribution is -0.881. The van der Waals surface area contributed by atoms with E-state index >= 15 is 0 Å². The second kappa shape index (κ2) is 10.5. The predicted molar refractivity (Wildman–Crippen MR) is 120 cm³/mol. The molecule has 0 radical (unpaired) electrons. The predicted octanol–water partition coefficient (Wildman–Crippen LogP) is 2.05. The number of hydrogen-bond donors (Lipinski definition) is 4. The molecule has 2 aromatic rings. The smallest absolute Gasteiger partial charge is 0.279 e. The van der Waals surface area contributed by atoms with Crippen molar-refractivity contribution in [1.82, 2.24) is 0 Å². The molecule has 1 atom stereocenters. The molecule has 30 heavy (non-hydrogen) atoms. The minimum Gasteiger partial charge on any atom is -0.326 e. The Bertz CT molecular complexity index is 900. The van der Waals surface area contributed by atoms with Gasteiger partial charge in [0.1, 0.15) is 0 Å². The number of likely N-dealkylation sites (N-methyl/N-ethyl adjacent to an activating group) is 1. The molecule has 0 aliphatic rings. The number of nitrogens with one attached hydrogen (secondary N) is 4. The van der Waals surface area contributed by atoms with Gasteiger partial charge in [-0.3, -0.25) is 14.4 Å². The van der Waals surface area contributed by atoms with E-state index in [1.807, 2.05) is 39.8 Å². The summed E-state index contributed by atoms with van der Waals surface area (Å²) >= 11 is 0. The van der Waals surface area contributed by atoms with Crippen molar-refractivity contribution >= 4 is 34.8 Å². The minimum atomic E-state index is -0.172. The van der Waals surface area contributed by atoms with Crippen molar-refractivity contribution in [3.05, 3.63) is 53.1 Å². The fraction of sp³-hybridized carbons (Fsp3) is 0.348. The molecule has 1 unspecified atom stereocenters. The number of hydrogen-bond acceptors (Lipinski definition) is 3. The average molecular weight is 412 g/mol. The van der Waals surface area contributed by atoms with E-state index in [4.69, 9.17) is 0 Å². The van der Waals surface area contributed by atoms with Crippen molar-refractivity contribution in [2.75, 3.05) is 35.6 Å². The van der Waals surface area contributed by atoms with Gasteiger partial charge in [-0.2, -0.15) is 0 Å². The van der Waals surface area contributed by atoms with Crippen LogP contribution in [0, 0.1) is 20.8 Å². The largest absolute Gasteiger partial charge is 0.326 e. The molecule has 7 nitrogen and oxygen atoms in total. The number of benzene rings is 2. The number of carbonyl (C=O) groups is 3. The first-order valence-electron chi connectivity index (χ1n) is 10.1. The summed E-state index contributed by atoms with van der Waals surface area (Å²) in [7, 11) is 0. The standard InChI is InChI=1S/C23H30N4O3/c1-6-27(14-22(30)26-23-16(3)11-15(2)12-17(23)4)13-21(29)25-20-9-7-19(8-10-20)24-18(5)28/h7-12H,6,13-14H2,1-5H3,(H,24,28)(H,25,29)(H,26,30)/p+1. The Labute approximate surface area is 177 Å². The quantitative estimate of drug-likeness (QED) is 0.536. The fourth-order valence-electron chi connectivity index (χ4n) is 3.37. The number of anilines is 3. The summed E-state index contributed by atoms with van der Waals surface area (Å²) < 4.78 is 0. The highest BCUT2D eigenvalue weighted by Gasteiger charge is 2.18. The van der Waals surface area contributed by atoms with Crippen molar-refractivity contribution < 1.29 is 19.3 Å². The third-order valence-corrected chi connectivity index (χ3v) is 4.75. The maximum Gasteiger partial charge on any atom is 0.279 e. The first kappa shape index (κ1) is 23.1. The van der Waals surface area contributed by atoms with E-state index in [1.54, 1.807) is 24.3 Å². The molecule has 0 saturated carbocycles. The van der Waals surface area contributed by atoms with Gasteiger partial charge in [-0.05, 0) is 63.1 Å². The third-order valence-electron chi connectivity index (χ3n) is 4.75. The summed E-state index contributed by atoms with van der Waals surface area (Å²) in [4.78, 5) is 36.9. The molecule has 0 saturated heterocycles. The van der Waals surface area contributed by atoms with Gasteiger partial charge in [0.2, 0.25) is 5.91 Å². The molecule has 3 amide bonds. The number of rotatable bonds is 8. The molecule has 0 aromatic heterocycles. The number of aryl methyl sites for hydroxylation is 3. The molecule has 7 heteroatoms. The second-order valence-corrected chi connectivity index (χ2v) is 7.59. The summed E-state index contributed by atoms with van der Waals surface area (Å²) in [6.45, 7) is 10.4. The van der Waals surface area contributed by atoms with Crippen molar-refractivity contribution in [3.8, 4) is 0 Å². The first-order chi connectivity index (χ1) is 14.2. The Morgan fingerprint density at radius 3 is 1.73 bits per heavy atom. The van der Waals surface area contributed by atoms with E-state index in [0.29, 0.717) is 17.9 Å². The first-order valence-corrected chi connectivity index (χ1v) is 10.1. The SMILES string of the molecule is CC[NH+](CC(=O)Nc1ccc(NC(C)=O)cc1)CC(=O)Nc1c(C)cc(C)cc1C. The Morgan fingerprint density at radius 2 is 1.27 bits per heavy atom. The molecular formula is C23H31N4O3+. The molecule has 2 aromatic carbocycles. The van der Waals surface area contributed by atoms with Gasteiger partial charge >= 0.3 is 0 Å². The minimum absolute atomic E-state index is 0.116. The van der Waals surface area contributed by atoms with Gasteiger partial charge in [0.05, 0.1) is 6.54 Å². The van der Waals surface area contributed by atoms with E-state index in [1.165, 1.54) is 6.92 Å². The van der Waals surface area contributed by atoms with Gasteiger partial charge in [-0.25, -0.2) is 0 Å². The highest BCUT2D eigenvalue weighted by Crippen LogP contribution is 2.21. The van der Waals surface area contributed by atoms with E-state index in [2.05, 4.69) is 16.0 Å². The lowest BCUT2D eigenvalue weighted by Gasteiger charge is -2.18. The molecule has 0 bridgehead atoms. The number of quaternary nitrogens is 1. The zero-order valence-corrected chi connectivity index (χ0v) is 18.3. The maximum atomic E-state index is 12.5. The van der Waals surface area contributed by atoms with Crippen molar-refractivity contribution in [2.24, 2.45) is 0 Å². The zero-order chi connectivity index (χ0) is 22.3. The summed E-state index contributed by atoms with van der Waals surface area (Å²) in [6.07, 6.45) is 0. The number of amides is 3. The molecule has 0 aliphatic heterocycles. The topological polar surface area (TPSA) is 91.7 Å². The monoisotopic (exact) mass is 411 g/mol. The fourth-order valence-corrected chi connectivity index (χ4v) is 3.37. The van der Waals surface area contributed by atoms with E-state index < -0.39 is 0 Å². The molecule has 0 fully saturated rings. The van der Waals surface area contributed by atoms with E-state index in [0.717, 1.165) is 27.3 Å². The van der Waals surface area contributed by atoms with Crippen LogP contribution in [-0.4, -0.2) is 37.4 Å². The van der Waals surface area contributed by atoms with Crippen molar-refractivity contribution in [2.45, 2.75) is 34.6 Å². The van der Waals surface area contributed by atoms with Crippen LogP contribution in [-0.2, 0) is 14.4 Å². The average Bonchev–Trinajstić information content (AvgIpc) is 2.65. The molecular weight excluding hydrogens is 380 g/mol. The van der Waals surface area contributed by atoms with E-state index in [9.17, 15) is 14.4 Å². The van der Waals surface area contributed by atoms with Gasteiger partial charge < -0.3 is 20.9 Å². The highest BCUT2D eigenvalue weighted by atomic mass is 16.2. The third kappa shape index (κ3) is 7.00. The molecule has 0 spiro atoms. The van der Waals surface area contributed by atoms with Gasteiger partial charge in [0, 0.05) is 24.0 Å². The van der Waals surface area contributed by atoms with Gasteiger partial charge in [0.25, 0.3) is 11.8 Å². The molecule has 4 N–H and O–H groups in total. The van der Waals surface area contributed by atoms with Crippen molar-refractivity contribution in [1.29, 1.82) is 0 Å². The summed E-state index contributed by atoms with van der Waals surface area (Å²) in [5, 5.41) is 8.50. The van der Waals surface area contributed by atoms with Crippen LogP contribution in [0.1, 0.15) is 30.5 Å². The van der Waals surface area contributed by atoms with Crippen LogP contribution in [0.3, 0.4) is 0 Å². The summed E-state index contributed by atoms with van der Waals surface area (Å²) in [5.74, 6) is -0.438. The molecule has 0 heterocycles. The van der Waals surface area contributed by atoms with Crippen LogP contribution in [0.4, 0.5) is 17.1 Å². The van der Waals surface area contributed by atoms with Crippen LogP contribution in [0.2, 0.25) is 0 Å². The van der Waals surface area contributed by atoms with E-state index in [-0.39, 0.29) is 30.8 Å². The highest BCUT2D eigenvalue weighted by molar-refractivity contribution is 5.94. The Kier molecular flexibility index (Phi) is 8.12. The Morgan fingerprint density at radius 1 is 0.800 bits per heavy atom. The van der Waals surface area contributed by atoms with Crippen LogP contribution in [0.25, 0.3) is 0 Å². The Balaban J connectivity index is 1.91. The maximum absolute atomic E-state index is 12.5. The number of carbonyl (C=O) groups excluding carboxylic acids is 3. The second-order valence-electron chi connectivity index (χ2n) is 7.59. The van der Waals surface area contributed by atoms with Gasteiger partial charge in [0.15, 0.2) is 13.1 Å². The van der Waals surface area contributed by atoms with Crippen LogP contribution >= 0.6 is 0 Å². The summed E-state index contributed by atoms with van der Waals surface area (Å²) in [6, 6.07) is 11.0. The van der Waals surface area contributed by atoms with Crippen LogP contribution in [0.5, 0.6) is 0 Å². The molecule has 0 aliphatic carbocycles. The van der Waals surface area contributed by atoms with Gasteiger partial charge in [-0.1, -0.05) is 17.7 Å². The van der Waals surface area contributed by atoms with Crippen molar-refractivity contribution in [3.63, 3.8) is 0 Å². The van der Waals surface area contributed by atoms with Crippen LogP contribution < -0.4 is 20.9 Å². The lowest BCUT2D eigenvalue weighted by Crippen LogP contribution is -3.13. The van der Waals surface area contributed by atoms with Crippen LogP contribution in [0.15, 0.2) is 36.4 Å². The molecule has 160 valence electrons. The van der Waals surface area contributed by atoms with Gasteiger partial charge in [-0.15, -0.1) is 0 Å². The summed E-state index contributed by atoms with van der Waals surface area (Å²) in [5.41, 5.74) is 5.36. The zero-order valence-electron chi connectivity index (χ0n) is 18.3. The Hall–Kier alpha value is -3.19.